The SMILES string of the molecule is Cc1nc(NC(=O)CN(C(=O)CCC2CCCC2)C(C)C)sc1C. The number of carbonyl (C=O) groups is 2. The number of aryl methyl sites for hydroxylation is 2. The molecule has 1 aliphatic carbocycles. The predicted molar refractivity (Wildman–Crippen MR) is 98.3 cm³/mol. The van der Waals surface area contributed by atoms with Crippen LogP contribution in [0.1, 0.15) is 62.9 Å². The van der Waals surface area contributed by atoms with Crippen LogP contribution in [0.4, 0.5) is 5.13 Å². The Morgan fingerprint density at radius 1 is 1.29 bits per heavy atom. The maximum absolute atomic E-state index is 12.5. The van der Waals surface area contributed by atoms with Gasteiger partial charge in [-0.15, -0.1) is 11.3 Å². The van der Waals surface area contributed by atoms with Crippen LogP contribution in [-0.2, 0) is 9.59 Å². The fraction of sp³-hybridized carbons (Fsp3) is 0.722. The van der Waals surface area contributed by atoms with E-state index in [0.717, 1.165) is 17.0 Å². The lowest BCUT2D eigenvalue weighted by atomic mass is 10.0. The molecule has 2 amide bonds. The first kappa shape index (κ1) is 18.9. The Balaban J connectivity index is 1.86. The number of nitrogens with zero attached hydrogens (tertiary/aromatic N) is 2. The molecule has 24 heavy (non-hydrogen) atoms. The number of rotatable bonds is 7. The van der Waals surface area contributed by atoms with E-state index in [1.165, 1.54) is 37.0 Å². The first-order chi connectivity index (χ1) is 11.4. The quantitative estimate of drug-likeness (QED) is 0.810. The van der Waals surface area contributed by atoms with Gasteiger partial charge in [-0.05, 0) is 40.0 Å². The van der Waals surface area contributed by atoms with Gasteiger partial charge in [0.2, 0.25) is 11.8 Å². The summed E-state index contributed by atoms with van der Waals surface area (Å²) >= 11 is 1.47. The molecule has 0 aromatic carbocycles. The second kappa shape index (κ2) is 8.60. The minimum absolute atomic E-state index is 0.0200. The largest absolute Gasteiger partial charge is 0.331 e. The van der Waals surface area contributed by atoms with Crippen LogP contribution in [0, 0.1) is 19.8 Å². The molecule has 1 N–H and O–H groups in total. The maximum atomic E-state index is 12.5. The molecule has 1 aromatic rings. The van der Waals surface area contributed by atoms with E-state index in [1.807, 2.05) is 27.7 Å². The van der Waals surface area contributed by atoms with Crippen molar-refractivity contribution in [1.82, 2.24) is 9.88 Å². The molecule has 0 saturated heterocycles. The number of amides is 2. The van der Waals surface area contributed by atoms with Crippen LogP contribution in [0.2, 0.25) is 0 Å². The highest BCUT2D eigenvalue weighted by atomic mass is 32.1. The van der Waals surface area contributed by atoms with Gasteiger partial charge in [0.1, 0.15) is 6.54 Å². The Morgan fingerprint density at radius 2 is 1.96 bits per heavy atom. The number of carbonyl (C=O) groups excluding carboxylic acids is 2. The van der Waals surface area contributed by atoms with Crippen molar-refractivity contribution in [3.05, 3.63) is 10.6 Å². The highest BCUT2D eigenvalue weighted by Crippen LogP contribution is 2.28. The molecule has 0 radical (unpaired) electrons. The third-order valence-corrected chi connectivity index (χ3v) is 5.76. The molecule has 2 rings (SSSR count). The van der Waals surface area contributed by atoms with Gasteiger partial charge in [0.15, 0.2) is 5.13 Å². The van der Waals surface area contributed by atoms with E-state index in [-0.39, 0.29) is 24.4 Å². The van der Waals surface area contributed by atoms with Crippen LogP contribution in [-0.4, -0.2) is 34.3 Å². The van der Waals surface area contributed by atoms with Crippen LogP contribution in [0.15, 0.2) is 0 Å². The molecule has 5 nitrogen and oxygen atoms in total. The molecule has 0 atom stereocenters. The van der Waals surface area contributed by atoms with Crippen molar-refractivity contribution in [2.45, 2.75) is 72.3 Å². The van der Waals surface area contributed by atoms with Gasteiger partial charge in [0, 0.05) is 17.3 Å². The average Bonchev–Trinajstić information content (AvgIpc) is 3.12. The molecule has 1 saturated carbocycles. The van der Waals surface area contributed by atoms with Crippen molar-refractivity contribution in [3.8, 4) is 0 Å². The third-order valence-electron chi connectivity index (χ3n) is 4.77. The van der Waals surface area contributed by atoms with E-state index < -0.39 is 0 Å². The molecule has 1 aromatic heterocycles. The molecule has 1 fully saturated rings. The summed E-state index contributed by atoms with van der Waals surface area (Å²) in [6.45, 7) is 7.92. The molecular weight excluding hydrogens is 322 g/mol. The number of anilines is 1. The summed E-state index contributed by atoms with van der Waals surface area (Å²) in [5, 5.41) is 3.42. The fourth-order valence-electron chi connectivity index (χ4n) is 3.17. The van der Waals surface area contributed by atoms with E-state index >= 15 is 0 Å². The number of thiazole rings is 1. The lowest BCUT2D eigenvalue weighted by Gasteiger charge is -2.26. The number of hydrogen-bond acceptors (Lipinski definition) is 4. The molecular formula is C18H29N3O2S. The van der Waals surface area contributed by atoms with Crippen molar-refractivity contribution < 1.29 is 9.59 Å². The molecule has 6 heteroatoms. The van der Waals surface area contributed by atoms with Crippen LogP contribution >= 0.6 is 11.3 Å². The van der Waals surface area contributed by atoms with Gasteiger partial charge < -0.3 is 10.2 Å². The van der Waals surface area contributed by atoms with Crippen LogP contribution < -0.4 is 5.32 Å². The molecule has 0 unspecified atom stereocenters. The van der Waals surface area contributed by atoms with E-state index in [1.54, 1.807) is 4.90 Å². The second-order valence-corrected chi connectivity index (χ2v) is 8.22. The zero-order valence-electron chi connectivity index (χ0n) is 15.2. The van der Waals surface area contributed by atoms with Crippen LogP contribution in [0.25, 0.3) is 0 Å². The predicted octanol–water partition coefficient (Wildman–Crippen LogP) is 3.91. The summed E-state index contributed by atoms with van der Waals surface area (Å²) in [6, 6.07) is 0.0200. The van der Waals surface area contributed by atoms with E-state index in [0.29, 0.717) is 17.5 Å². The van der Waals surface area contributed by atoms with Crippen molar-refractivity contribution in [2.24, 2.45) is 5.92 Å². The monoisotopic (exact) mass is 351 g/mol. The lowest BCUT2D eigenvalue weighted by Crippen LogP contribution is -2.42. The number of hydrogen-bond donors (Lipinski definition) is 1. The summed E-state index contributed by atoms with van der Waals surface area (Å²) in [7, 11) is 0. The zero-order valence-corrected chi connectivity index (χ0v) is 16.0. The molecule has 134 valence electrons. The van der Waals surface area contributed by atoms with Crippen molar-refractivity contribution in [1.29, 1.82) is 0 Å². The van der Waals surface area contributed by atoms with Gasteiger partial charge in [-0.1, -0.05) is 25.7 Å². The minimum atomic E-state index is -0.174. The highest BCUT2D eigenvalue weighted by Gasteiger charge is 2.23. The van der Waals surface area contributed by atoms with Gasteiger partial charge in [0.05, 0.1) is 5.69 Å². The Kier molecular flexibility index (Phi) is 6.78. The second-order valence-electron chi connectivity index (χ2n) is 7.01. The summed E-state index contributed by atoms with van der Waals surface area (Å²) in [4.78, 5) is 31.9. The first-order valence-corrected chi connectivity index (χ1v) is 9.71. The van der Waals surface area contributed by atoms with Gasteiger partial charge in [-0.3, -0.25) is 9.59 Å². The number of aromatic nitrogens is 1. The summed E-state index contributed by atoms with van der Waals surface area (Å²) in [6.07, 6.45) is 6.58. The maximum Gasteiger partial charge on any atom is 0.245 e. The highest BCUT2D eigenvalue weighted by molar-refractivity contribution is 7.15. The average molecular weight is 352 g/mol. The summed E-state index contributed by atoms with van der Waals surface area (Å²) in [5.74, 6) is 0.600. The third kappa shape index (κ3) is 5.30. The van der Waals surface area contributed by atoms with E-state index in [2.05, 4.69) is 10.3 Å². The van der Waals surface area contributed by atoms with Crippen molar-refractivity contribution in [2.75, 3.05) is 11.9 Å². The molecule has 0 aliphatic heterocycles. The molecule has 0 spiro atoms. The van der Waals surface area contributed by atoms with Crippen LogP contribution in [0.3, 0.4) is 0 Å². The number of nitrogens with one attached hydrogen (secondary N) is 1. The Bertz CT molecular complexity index is 557. The Labute approximate surface area is 148 Å². The zero-order chi connectivity index (χ0) is 17.7. The van der Waals surface area contributed by atoms with Gasteiger partial charge >= 0.3 is 0 Å². The summed E-state index contributed by atoms with van der Waals surface area (Å²) < 4.78 is 0. The standard InChI is InChI=1S/C18H29N3O2S/c1-12(2)21(17(23)10-9-15-7-5-6-8-15)11-16(22)20-18-19-13(3)14(4)24-18/h12,15H,5-11H2,1-4H3,(H,19,20,22). The molecule has 0 bridgehead atoms. The Hall–Kier alpha value is -1.43. The normalized spacial score (nSPS) is 15.0. The molecule has 1 heterocycles. The van der Waals surface area contributed by atoms with Crippen LogP contribution in [0.5, 0.6) is 0 Å². The first-order valence-electron chi connectivity index (χ1n) is 8.90. The topological polar surface area (TPSA) is 62.3 Å². The smallest absolute Gasteiger partial charge is 0.245 e. The van der Waals surface area contributed by atoms with E-state index in [9.17, 15) is 9.59 Å². The fourth-order valence-corrected chi connectivity index (χ4v) is 4.00. The van der Waals surface area contributed by atoms with Gasteiger partial charge in [0.25, 0.3) is 0 Å². The minimum Gasteiger partial charge on any atom is -0.331 e. The van der Waals surface area contributed by atoms with Gasteiger partial charge in [-0.2, -0.15) is 0 Å². The van der Waals surface area contributed by atoms with E-state index in [4.69, 9.17) is 0 Å². The van der Waals surface area contributed by atoms with Gasteiger partial charge in [-0.25, -0.2) is 4.98 Å². The van der Waals surface area contributed by atoms with Crippen molar-refractivity contribution in [3.63, 3.8) is 0 Å². The molecule has 1 aliphatic rings. The summed E-state index contributed by atoms with van der Waals surface area (Å²) in [5.41, 5.74) is 0.934. The lowest BCUT2D eigenvalue weighted by molar-refractivity contribution is -0.136. The van der Waals surface area contributed by atoms with Crippen molar-refractivity contribution >= 4 is 28.3 Å². The Morgan fingerprint density at radius 3 is 2.50 bits per heavy atom.